The predicted molar refractivity (Wildman–Crippen MR) is 207 cm³/mol. The van der Waals surface area contributed by atoms with Gasteiger partial charge in [-0.05, 0) is 84.3 Å². The lowest BCUT2D eigenvalue weighted by Crippen LogP contribution is -2.17. The molecule has 6 aromatic rings. The Balaban J connectivity index is 1.02. The number of nitrogens with zero attached hydrogens (tertiary/aromatic N) is 2. The van der Waals surface area contributed by atoms with Crippen molar-refractivity contribution < 1.29 is 19.0 Å². The van der Waals surface area contributed by atoms with Crippen LogP contribution in [0.3, 0.4) is 0 Å². The van der Waals surface area contributed by atoms with Crippen molar-refractivity contribution in [1.82, 2.24) is 10.4 Å². The van der Waals surface area contributed by atoms with Crippen LogP contribution in [0, 0.1) is 0 Å². The third-order valence-electron chi connectivity index (χ3n) is 7.37. The van der Waals surface area contributed by atoms with E-state index in [0.29, 0.717) is 56.7 Å². The summed E-state index contributed by atoms with van der Waals surface area (Å²) >= 11 is 20.5. The number of ether oxygens (including phenoxy) is 3. The zero-order chi connectivity index (χ0) is 35.6. The molecule has 2 N–H and O–H groups in total. The Morgan fingerprint density at radius 3 is 2.25 bits per heavy atom. The molecule has 1 heterocycles. The van der Waals surface area contributed by atoms with E-state index < -0.39 is 0 Å². The fraction of sp³-hybridized carbons (Fsp3) is 0.103. The van der Waals surface area contributed by atoms with Gasteiger partial charge in [0.15, 0.2) is 22.4 Å². The van der Waals surface area contributed by atoms with Gasteiger partial charge in [-0.1, -0.05) is 83.3 Å². The Kier molecular flexibility index (Phi) is 12.1. The molecule has 0 bridgehead atoms. The second kappa shape index (κ2) is 17.2. The molecule has 5 aromatic carbocycles. The van der Waals surface area contributed by atoms with E-state index in [1.54, 1.807) is 24.3 Å². The van der Waals surface area contributed by atoms with Crippen LogP contribution in [0.4, 0.5) is 10.8 Å². The number of benzene rings is 5. The van der Waals surface area contributed by atoms with Crippen LogP contribution in [0.1, 0.15) is 34.0 Å². The van der Waals surface area contributed by atoms with E-state index in [0.717, 1.165) is 33.2 Å². The smallest absolute Gasteiger partial charge is 0.271 e. The fourth-order valence-electron chi connectivity index (χ4n) is 4.86. The average molecular weight is 758 g/mol. The molecule has 0 spiro atoms. The molecular formula is C39H31Cl3N4O4S. The maximum absolute atomic E-state index is 12.8. The Hall–Kier alpha value is -5.06. The number of carbonyl (C=O) groups is 1. The minimum atomic E-state index is -0.374. The van der Waals surface area contributed by atoms with Gasteiger partial charge < -0.3 is 19.5 Å². The second-order valence-electron chi connectivity index (χ2n) is 11.0. The summed E-state index contributed by atoms with van der Waals surface area (Å²) in [6.45, 7) is 3.03. The van der Waals surface area contributed by atoms with Gasteiger partial charge in [0.25, 0.3) is 5.91 Å². The first-order valence-corrected chi connectivity index (χ1v) is 17.8. The fourth-order valence-corrected chi connectivity index (χ4v) is 6.33. The van der Waals surface area contributed by atoms with Crippen molar-refractivity contribution in [2.75, 3.05) is 11.9 Å². The lowest BCUT2D eigenvalue weighted by atomic mass is 10.1. The van der Waals surface area contributed by atoms with E-state index in [1.807, 2.05) is 97.2 Å². The minimum absolute atomic E-state index is 0.199. The molecule has 0 radical (unpaired) electrons. The van der Waals surface area contributed by atoms with Gasteiger partial charge in [0.1, 0.15) is 13.2 Å². The number of amides is 1. The number of hydrogen-bond acceptors (Lipinski definition) is 8. The van der Waals surface area contributed by atoms with Crippen LogP contribution >= 0.6 is 46.1 Å². The van der Waals surface area contributed by atoms with Crippen molar-refractivity contribution >= 4 is 69.1 Å². The third-order valence-corrected chi connectivity index (χ3v) is 8.94. The lowest BCUT2D eigenvalue weighted by Gasteiger charge is -2.15. The number of carbonyl (C=O) groups excluding carboxylic acids is 1. The summed E-state index contributed by atoms with van der Waals surface area (Å²) < 4.78 is 17.8. The normalized spacial score (nSPS) is 11.0. The van der Waals surface area contributed by atoms with Gasteiger partial charge in [-0.25, -0.2) is 10.4 Å². The van der Waals surface area contributed by atoms with Crippen LogP contribution in [0.2, 0.25) is 15.1 Å². The van der Waals surface area contributed by atoms with Gasteiger partial charge in [-0.2, -0.15) is 5.10 Å². The van der Waals surface area contributed by atoms with Crippen LogP contribution in [0.25, 0.3) is 11.3 Å². The molecule has 12 heteroatoms. The number of nitrogens with one attached hydrogen (secondary N) is 2. The van der Waals surface area contributed by atoms with E-state index in [9.17, 15) is 4.79 Å². The van der Waals surface area contributed by atoms with Gasteiger partial charge in [0.05, 0.1) is 28.6 Å². The standard InChI is InChI=1S/C39H31Cl3N4O4S/c1-2-48-36-20-26(8-17-35(36)49-22-25-6-4-3-5-7-25)23-50-37-32(41)18-27(19-33(37)42)21-43-46-38(47)29-11-9-28(10-12-29)34-24-51-39(45-34)44-31-15-13-30(40)14-16-31/h3-21,24H,2,22-23H2,1H3,(H,44,45)(H,46,47)/b43-21-. The summed E-state index contributed by atoms with van der Waals surface area (Å²) in [6, 6.07) is 33.4. The van der Waals surface area contributed by atoms with E-state index in [4.69, 9.17) is 49.0 Å². The van der Waals surface area contributed by atoms with Crippen LogP contribution in [0.15, 0.2) is 120 Å². The molecule has 6 rings (SSSR count). The first kappa shape index (κ1) is 35.8. The minimum Gasteiger partial charge on any atom is -0.490 e. The highest BCUT2D eigenvalue weighted by Gasteiger charge is 2.13. The van der Waals surface area contributed by atoms with Gasteiger partial charge in [0.2, 0.25) is 0 Å². The SMILES string of the molecule is CCOc1cc(COc2c(Cl)cc(/C=N\NC(=O)c3ccc(-c4csc(Nc5ccc(Cl)cc5)n4)cc3)cc2Cl)ccc1OCc1ccccc1. The largest absolute Gasteiger partial charge is 0.490 e. The zero-order valence-electron chi connectivity index (χ0n) is 27.2. The van der Waals surface area contributed by atoms with E-state index >= 15 is 0 Å². The quantitative estimate of drug-likeness (QED) is 0.0849. The number of thiazole rings is 1. The van der Waals surface area contributed by atoms with Crippen LogP contribution in [-0.2, 0) is 13.2 Å². The van der Waals surface area contributed by atoms with Gasteiger partial charge in [-0.3, -0.25) is 4.79 Å². The molecule has 0 aliphatic heterocycles. The zero-order valence-corrected chi connectivity index (χ0v) is 30.3. The maximum atomic E-state index is 12.8. The summed E-state index contributed by atoms with van der Waals surface area (Å²) in [5, 5.41) is 11.3. The Morgan fingerprint density at radius 1 is 0.804 bits per heavy atom. The van der Waals surface area contributed by atoms with Crippen molar-refractivity contribution in [3.05, 3.63) is 152 Å². The molecular weight excluding hydrogens is 727 g/mol. The Labute approximate surface area is 314 Å². The number of hydrogen-bond donors (Lipinski definition) is 2. The lowest BCUT2D eigenvalue weighted by molar-refractivity contribution is 0.0955. The monoisotopic (exact) mass is 756 g/mol. The van der Waals surface area contributed by atoms with Crippen LogP contribution in [-0.4, -0.2) is 23.7 Å². The number of anilines is 2. The molecule has 0 saturated carbocycles. The van der Waals surface area contributed by atoms with Crippen LogP contribution < -0.4 is 25.0 Å². The molecule has 0 saturated heterocycles. The summed E-state index contributed by atoms with van der Waals surface area (Å²) in [7, 11) is 0. The first-order chi connectivity index (χ1) is 24.8. The summed E-state index contributed by atoms with van der Waals surface area (Å²) in [5.74, 6) is 1.21. The van der Waals surface area contributed by atoms with Crippen LogP contribution in [0.5, 0.6) is 17.2 Å². The number of halogens is 3. The number of rotatable bonds is 14. The van der Waals surface area contributed by atoms with Crippen molar-refractivity contribution in [3.8, 4) is 28.5 Å². The van der Waals surface area contributed by atoms with Crippen molar-refractivity contribution in [3.63, 3.8) is 0 Å². The second-order valence-corrected chi connectivity index (χ2v) is 13.1. The predicted octanol–water partition coefficient (Wildman–Crippen LogP) is 10.8. The molecule has 0 aliphatic carbocycles. The van der Waals surface area contributed by atoms with E-state index in [1.165, 1.54) is 17.6 Å². The molecule has 0 atom stereocenters. The highest BCUT2D eigenvalue weighted by molar-refractivity contribution is 7.14. The Bertz CT molecular complexity index is 2100. The molecule has 1 aromatic heterocycles. The first-order valence-electron chi connectivity index (χ1n) is 15.8. The topological polar surface area (TPSA) is 94.1 Å². The molecule has 1 amide bonds. The van der Waals surface area contributed by atoms with Gasteiger partial charge in [0, 0.05) is 27.2 Å². The van der Waals surface area contributed by atoms with Gasteiger partial charge >= 0.3 is 0 Å². The Morgan fingerprint density at radius 2 is 1.53 bits per heavy atom. The van der Waals surface area contributed by atoms with E-state index in [-0.39, 0.29) is 12.5 Å². The number of hydrazone groups is 1. The molecule has 0 aliphatic rings. The van der Waals surface area contributed by atoms with E-state index in [2.05, 4.69) is 20.8 Å². The van der Waals surface area contributed by atoms with Crippen molar-refractivity contribution in [1.29, 1.82) is 0 Å². The molecule has 0 unspecified atom stereocenters. The van der Waals surface area contributed by atoms with Crippen molar-refractivity contribution in [2.45, 2.75) is 20.1 Å². The molecule has 0 fully saturated rings. The summed E-state index contributed by atoms with van der Waals surface area (Å²) in [5.41, 5.74) is 8.03. The average Bonchev–Trinajstić information content (AvgIpc) is 3.61. The summed E-state index contributed by atoms with van der Waals surface area (Å²) in [6.07, 6.45) is 1.46. The van der Waals surface area contributed by atoms with Gasteiger partial charge in [-0.15, -0.1) is 11.3 Å². The highest BCUT2D eigenvalue weighted by Crippen LogP contribution is 2.36. The third kappa shape index (κ3) is 9.80. The maximum Gasteiger partial charge on any atom is 0.271 e. The summed E-state index contributed by atoms with van der Waals surface area (Å²) in [4.78, 5) is 17.4. The molecule has 258 valence electrons. The highest BCUT2D eigenvalue weighted by atomic mass is 35.5. The molecule has 8 nitrogen and oxygen atoms in total. The molecule has 51 heavy (non-hydrogen) atoms. The van der Waals surface area contributed by atoms with Crippen molar-refractivity contribution in [2.24, 2.45) is 5.10 Å². The number of aromatic nitrogens is 1.